The highest BCUT2D eigenvalue weighted by atomic mass is 35.5. The molecule has 0 saturated carbocycles. The van der Waals surface area contributed by atoms with Crippen molar-refractivity contribution in [2.75, 3.05) is 19.7 Å². The highest BCUT2D eigenvalue weighted by Crippen LogP contribution is 2.24. The Balaban J connectivity index is 2.06. The maximum absolute atomic E-state index is 13.5. The van der Waals surface area contributed by atoms with Crippen LogP contribution >= 0.6 is 11.6 Å². The van der Waals surface area contributed by atoms with Crippen LogP contribution in [-0.2, 0) is 0 Å². The Morgan fingerprint density at radius 1 is 1.26 bits per heavy atom. The van der Waals surface area contributed by atoms with Gasteiger partial charge >= 0.3 is 0 Å². The summed E-state index contributed by atoms with van der Waals surface area (Å²) in [6, 6.07) is 4.81. The van der Waals surface area contributed by atoms with Gasteiger partial charge < -0.3 is 10.1 Å². The van der Waals surface area contributed by atoms with Gasteiger partial charge in [0.25, 0.3) is 0 Å². The summed E-state index contributed by atoms with van der Waals surface area (Å²) in [7, 11) is 0. The molecule has 1 N–H and O–H groups in total. The molecule has 0 bridgehead atoms. The van der Waals surface area contributed by atoms with Crippen LogP contribution in [0.3, 0.4) is 0 Å². The summed E-state index contributed by atoms with van der Waals surface area (Å²) < 4.78 is 18.9. The van der Waals surface area contributed by atoms with Crippen molar-refractivity contribution >= 4 is 11.6 Å². The predicted molar refractivity (Wildman–Crippen MR) is 78.5 cm³/mol. The van der Waals surface area contributed by atoms with Crippen LogP contribution < -0.4 is 10.1 Å². The fraction of sp³-hybridized carbons (Fsp3) is 0.600. The summed E-state index contributed by atoms with van der Waals surface area (Å²) in [5, 5.41) is 3.50. The zero-order valence-electron chi connectivity index (χ0n) is 11.7. The summed E-state index contributed by atoms with van der Waals surface area (Å²) in [5.74, 6) is 0.460. The van der Waals surface area contributed by atoms with Crippen molar-refractivity contribution in [2.45, 2.75) is 33.1 Å². The second-order valence-corrected chi connectivity index (χ2v) is 5.47. The van der Waals surface area contributed by atoms with E-state index in [2.05, 4.69) is 19.2 Å². The molecule has 1 rings (SSSR count). The maximum atomic E-state index is 13.5. The Hall–Kier alpha value is -0.800. The van der Waals surface area contributed by atoms with Gasteiger partial charge in [-0.3, -0.25) is 0 Å². The van der Waals surface area contributed by atoms with Crippen LogP contribution in [0.15, 0.2) is 18.2 Å². The molecule has 0 saturated heterocycles. The van der Waals surface area contributed by atoms with Crippen molar-refractivity contribution in [3.8, 4) is 5.75 Å². The highest BCUT2D eigenvalue weighted by molar-refractivity contribution is 6.30. The number of halogens is 2. The van der Waals surface area contributed by atoms with Crippen LogP contribution in [-0.4, -0.2) is 19.7 Å². The molecule has 0 spiro atoms. The standard InChI is InChI=1S/C15H23ClFNO/c1-12(2)11-18-9-4-3-5-10-19-14-8-6-7-13(16)15(14)17/h6-8,12,18H,3-5,9-11H2,1-2H3. The number of benzene rings is 1. The van der Waals surface area contributed by atoms with E-state index in [0.29, 0.717) is 12.5 Å². The Morgan fingerprint density at radius 2 is 2.05 bits per heavy atom. The van der Waals surface area contributed by atoms with Gasteiger partial charge in [0.2, 0.25) is 0 Å². The lowest BCUT2D eigenvalue weighted by atomic mass is 10.2. The van der Waals surface area contributed by atoms with Crippen LogP contribution in [0.5, 0.6) is 5.75 Å². The van der Waals surface area contributed by atoms with Crippen molar-refractivity contribution in [1.29, 1.82) is 0 Å². The van der Waals surface area contributed by atoms with Gasteiger partial charge in [0.1, 0.15) is 0 Å². The van der Waals surface area contributed by atoms with E-state index in [0.717, 1.165) is 32.4 Å². The SMILES string of the molecule is CC(C)CNCCCCCOc1cccc(Cl)c1F. The van der Waals surface area contributed by atoms with Crippen molar-refractivity contribution in [1.82, 2.24) is 5.32 Å². The first-order valence-electron chi connectivity index (χ1n) is 6.88. The average molecular weight is 288 g/mol. The van der Waals surface area contributed by atoms with E-state index >= 15 is 0 Å². The predicted octanol–water partition coefficient (Wildman–Crippen LogP) is 4.27. The summed E-state index contributed by atoms with van der Waals surface area (Å²) in [6.07, 6.45) is 3.12. The van der Waals surface area contributed by atoms with Crippen molar-refractivity contribution in [2.24, 2.45) is 5.92 Å². The minimum atomic E-state index is -0.470. The van der Waals surface area contributed by atoms with Crippen molar-refractivity contribution in [3.05, 3.63) is 29.0 Å². The van der Waals surface area contributed by atoms with Crippen molar-refractivity contribution in [3.63, 3.8) is 0 Å². The number of rotatable bonds is 9. The molecular weight excluding hydrogens is 265 g/mol. The Kier molecular flexibility index (Phi) is 7.84. The van der Waals surface area contributed by atoms with Crippen LogP contribution in [0.2, 0.25) is 5.02 Å². The molecule has 0 aliphatic rings. The molecule has 0 heterocycles. The molecular formula is C15H23ClFNO. The molecule has 0 aliphatic carbocycles. The molecule has 1 aromatic carbocycles. The molecule has 0 atom stereocenters. The summed E-state index contributed by atoms with van der Waals surface area (Å²) in [4.78, 5) is 0. The van der Waals surface area contributed by atoms with Crippen LogP contribution in [0.25, 0.3) is 0 Å². The molecule has 0 aliphatic heterocycles. The van der Waals surface area contributed by atoms with Crippen molar-refractivity contribution < 1.29 is 9.13 Å². The fourth-order valence-corrected chi connectivity index (χ4v) is 1.86. The fourth-order valence-electron chi connectivity index (χ4n) is 1.70. The van der Waals surface area contributed by atoms with Gasteiger partial charge in [-0.25, -0.2) is 4.39 Å². The molecule has 108 valence electrons. The molecule has 0 fully saturated rings. The number of hydrogen-bond donors (Lipinski definition) is 1. The first-order chi connectivity index (χ1) is 9.11. The first kappa shape index (κ1) is 16.3. The highest BCUT2D eigenvalue weighted by Gasteiger charge is 2.06. The van der Waals surface area contributed by atoms with Gasteiger partial charge in [0.15, 0.2) is 11.6 Å². The van der Waals surface area contributed by atoms with E-state index < -0.39 is 5.82 Å². The van der Waals surface area contributed by atoms with Crippen LogP contribution in [0.4, 0.5) is 4.39 Å². The van der Waals surface area contributed by atoms with E-state index in [9.17, 15) is 4.39 Å². The lowest BCUT2D eigenvalue weighted by Crippen LogP contribution is -2.20. The summed E-state index contributed by atoms with van der Waals surface area (Å²) >= 11 is 5.67. The van der Waals surface area contributed by atoms with Gasteiger partial charge in [0, 0.05) is 0 Å². The third kappa shape index (κ3) is 6.79. The number of ether oxygens (including phenoxy) is 1. The Morgan fingerprint density at radius 3 is 2.79 bits per heavy atom. The third-order valence-electron chi connectivity index (χ3n) is 2.72. The molecule has 0 unspecified atom stereocenters. The smallest absolute Gasteiger partial charge is 0.183 e. The molecule has 1 aromatic rings. The zero-order valence-corrected chi connectivity index (χ0v) is 12.5. The van der Waals surface area contributed by atoms with Crippen LogP contribution in [0, 0.1) is 11.7 Å². The van der Waals surface area contributed by atoms with Gasteiger partial charge in [-0.1, -0.05) is 31.5 Å². The number of unbranched alkanes of at least 4 members (excludes halogenated alkanes) is 2. The van der Waals surface area contributed by atoms with E-state index in [4.69, 9.17) is 16.3 Å². The monoisotopic (exact) mass is 287 g/mol. The van der Waals surface area contributed by atoms with Gasteiger partial charge in [-0.15, -0.1) is 0 Å². The van der Waals surface area contributed by atoms with Gasteiger partial charge in [0.05, 0.1) is 11.6 Å². The Bertz CT molecular complexity index is 371. The largest absolute Gasteiger partial charge is 0.490 e. The quantitative estimate of drug-likeness (QED) is 0.685. The van der Waals surface area contributed by atoms with Crippen LogP contribution in [0.1, 0.15) is 33.1 Å². The summed E-state index contributed by atoms with van der Waals surface area (Å²) in [6.45, 7) is 7.01. The first-order valence-corrected chi connectivity index (χ1v) is 7.26. The minimum absolute atomic E-state index is 0.107. The Labute approximate surface area is 120 Å². The number of nitrogens with one attached hydrogen (secondary N) is 1. The summed E-state index contributed by atoms with van der Waals surface area (Å²) in [5.41, 5.74) is 0. The van der Waals surface area contributed by atoms with E-state index in [1.54, 1.807) is 12.1 Å². The molecule has 19 heavy (non-hydrogen) atoms. The van der Waals surface area contributed by atoms with E-state index in [1.807, 2.05) is 0 Å². The van der Waals surface area contributed by atoms with E-state index in [-0.39, 0.29) is 10.8 Å². The van der Waals surface area contributed by atoms with Gasteiger partial charge in [-0.05, 0) is 50.4 Å². The second kappa shape index (κ2) is 9.16. The van der Waals surface area contributed by atoms with Gasteiger partial charge in [-0.2, -0.15) is 0 Å². The maximum Gasteiger partial charge on any atom is 0.183 e. The topological polar surface area (TPSA) is 21.3 Å². The molecule has 0 radical (unpaired) electrons. The second-order valence-electron chi connectivity index (χ2n) is 5.06. The number of hydrogen-bond acceptors (Lipinski definition) is 2. The molecule has 4 heteroatoms. The molecule has 0 aromatic heterocycles. The minimum Gasteiger partial charge on any atom is -0.490 e. The average Bonchev–Trinajstić information content (AvgIpc) is 2.37. The molecule has 0 amide bonds. The lowest BCUT2D eigenvalue weighted by Gasteiger charge is -2.09. The molecule has 2 nitrogen and oxygen atoms in total. The zero-order chi connectivity index (χ0) is 14.1. The normalized spacial score (nSPS) is 11.0. The third-order valence-corrected chi connectivity index (χ3v) is 3.02. The lowest BCUT2D eigenvalue weighted by molar-refractivity contribution is 0.290. The van der Waals surface area contributed by atoms with E-state index in [1.165, 1.54) is 6.07 Å².